The number of alkyl carbamates (subject to hydrolysis) is 1. The van der Waals surface area contributed by atoms with Crippen LogP contribution in [0.4, 0.5) is 4.79 Å². The number of aromatic nitrogens is 1. The van der Waals surface area contributed by atoms with Crippen molar-refractivity contribution >= 4 is 29.3 Å². The summed E-state index contributed by atoms with van der Waals surface area (Å²) in [6, 6.07) is 16.3. The van der Waals surface area contributed by atoms with Crippen LogP contribution in [-0.4, -0.2) is 41.2 Å². The Morgan fingerprint density at radius 2 is 1.69 bits per heavy atom. The first-order valence-corrected chi connectivity index (χ1v) is 12.3. The number of aliphatic carboxylic acids is 1. The highest BCUT2D eigenvalue weighted by Crippen LogP contribution is 2.44. The SMILES string of the molecule is CCC(CNC(=O)c1sc(CNC(=O)OCC2c3ccccc3-c3ccccc32)nc1C)C(=O)O. The van der Waals surface area contributed by atoms with Crippen LogP contribution < -0.4 is 10.6 Å². The van der Waals surface area contributed by atoms with Crippen molar-refractivity contribution < 1.29 is 24.2 Å². The first kappa shape index (κ1) is 24.4. The van der Waals surface area contributed by atoms with Crippen LogP contribution in [0, 0.1) is 12.8 Å². The molecular formula is C26H27N3O5S. The molecule has 4 rings (SSSR count). The fourth-order valence-corrected chi connectivity index (χ4v) is 5.16. The Morgan fingerprint density at radius 1 is 1.06 bits per heavy atom. The summed E-state index contributed by atoms with van der Waals surface area (Å²) in [6.07, 6.45) is -0.134. The quantitative estimate of drug-likeness (QED) is 0.408. The van der Waals surface area contributed by atoms with Crippen LogP contribution in [0.1, 0.15) is 50.8 Å². The van der Waals surface area contributed by atoms with Gasteiger partial charge in [0.05, 0.1) is 18.2 Å². The van der Waals surface area contributed by atoms with E-state index in [0.717, 1.165) is 33.6 Å². The van der Waals surface area contributed by atoms with Gasteiger partial charge in [0.1, 0.15) is 16.5 Å². The van der Waals surface area contributed by atoms with Crippen molar-refractivity contribution in [3.63, 3.8) is 0 Å². The highest BCUT2D eigenvalue weighted by molar-refractivity contribution is 7.13. The number of nitrogens with zero attached hydrogens (tertiary/aromatic N) is 1. The fraction of sp³-hybridized carbons (Fsp3) is 0.308. The van der Waals surface area contributed by atoms with Crippen molar-refractivity contribution in [3.05, 3.63) is 75.2 Å². The number of benzene rings is 2. The summed E-state index contributed by atoms with van der Waals surface area (Å²) in [5.74, 6) is -1.97. The van der Waals surface area contributed by atoms with E-state index in [1.807, 2.05) is 24.3 Å². The van der Waals surface area contributed by atoms with E-state index in [9.17, 15) is 14.4 Å². The molecule has 3 N–H and O–H groups in total. The van der Waals surface area contributed by atoms with Gasteiger partial charge in [-0.15, -0.1) is 11.3 Å². The summed E-state index contributed by atoms with van der Waals surface area (Å²) in [5, 5.41) is 15.1. The molecule has 1 unspecified atom stereocenters. The molecule has 1 aromatic heterocycles. The van der Waals surface area contributed by atoms with Gasteiger partial charge >= 0.3 is 12.1 Å². The third-order valence-electron chi connectivity index (χ3n) is 6.13. The van der Waals surface area contributed by atoms with Gasteiger partial charge in [0.25, 0.3) is 5.91 Å². The predicted molar refractivity (Wildman–Crippen MR) is 133 cm³/mol. The van der Waals surface area contributed by atoms with E-state index in [-0.39, 0.29) is 31.5 Å². The molecule has 0 spiro atoms. The number of hydrogen-bond donors (Lipinski definition) is 3. The molecule has 0 saturated carbocycles. The number of carbonyl (C=O) groups is 3. The molecule has 3 aromatic rings. The van der Waals surface area contributed by atoms with Crippen LogP contribution in [0.3, 0.4) is 0 Å². The van der Waals surface area contributed by atoms with E-state index in [4.69, 9.17) is 9.84 Å². The second-order valence-electron chi connectivity index (χ2n) is 8.35. The zero-order valence-electron chi connectivity index (χ0n) is 19.5. The van der Waals surface area contributed by atoms with Crippen LogP contribution >= 0.6 is 11.3 Å². The molecule has 0 saturated heterocycles. The Morgan fingerprint density at radius 3 is 2.29 bits per heavy atom. The predicted octanol–water partition coefficient (Wildman–Crippen LogP) is 4.33. The molecule has 0 fully saturated rings. The second kappa shape index (κ2) is 10.7. The number of ether oxygens (including phenoxy) is 1. The largest absolute Gasteiger partial charge is 0.481 e. The minimum Gasteiger partial charge on any atom is -0.481 e. The molecule has 2 amide bonds. The van der Waals surface area contributed by atoms with Crippen LogP contribution in [0.5, 0.6) is 0 Å². The molecular weight excluding hydrogens is 466 g/mol. The van der Waals surface area contributed by atoms with Crippen LogP contribution in [0.2, 0.25) is 0 Å². The Labute approximate surface area is 207 Å². The summed E-state index contributed by atoms with van der Waals surface area (Å²) >= 11 is 1.16. The van der Waals surface area contributed by atoms with Crippen molar-refractivity contribution in [3.8, 4) is 11.1 Å². The zero-order valence-corrected chi connectivity index (χ0v) is 20.4. The second-order valence-corrected chi connectivity index (χ2v) is 9.44. The van der Waals surface area contributed by atoms with Gasteiger partial charge in [-0.2, -0.15) is 0 Å². The van der Waals surface area contributed by atoms with E-state index in [1.54, 1.807) is 13.8 Å². The number of hydrogen-bond acceptors (Lipinski definition) is 6. The number of nitrogens with one attached hydrogen (secondary N) is 2. The zero-order chi connectivity index (χ0) is 24.9. The Kier molecular flexibility index (Phi) is 7.45. The molecule has 0 radical (unpaired) electrons. The topological polar surface area (TPSA) is 118 Å². The monoisotopic (exact) mass is 493 g/mol. The highest BCUT2D eigenvalue weighted by atomic mass is 32.1. The van der Waals surface area contributed by atoms with Gasteiger partial charge in [-0.05, 0) is 35.6 Å². The van der Waals surface area contributed by atoms with Crippen molar-refractivity contribution in [2.75, 3.05) is 13.2 Å². The number of rotatable bonds is 9. The lowest BCUT2D eigenvalue weighted by Crippen LogP contribution is -2.32. The third kappa shape index (κ3) is 5.35. The number of fused-ring (bicyclic) bond motifs is 3. The maximum absolute atomic E-state index is 12.5. The summed E-state index contributed by atoms with van der Waals surface area (Å²) in [7, 11) is 0. The van der Waals surface area contributed by atoms with Gasteiger partial charge in [-0.1, -0.05) is 55.5 Å². The number of carboxylic acid groups (broad SMARTS) is 1. The summed E-state index contributed by atoms with van der Waals surface area (Å²) in [5.41, 5.74) is 5.13. The van der Waals surface area contributed by atoms with Crippen LogP contribution in [0.15, 0.2) is 48.5 Å². The molecule has 0 aliphatic heterocycles. The standard InChI is InChI=1S/C26H27N3O5S/c1-3-16(25(31)32)12-27-24(30)23-15(2)29-22(35-23)13-28-26(33)34-14-21-19-10-6-4-8-17(19)18-9-5-7-11-20(18)21/h4-11,16,21H,3,12-14H2,1-2H3,(H,27,30)(H,28,33)(H,31,32). The smallest absolute Gasteiger partial charge is 0.407 e. The fourth-order valence-electron chi connectivity index (χ4n) is 4.24. The maximum Gasteiger partial charge on any atom is 0.407 e. The first-order chi connectivity index (χ1) is 16.9. The number of thiazole rings is 1. The molecule has 0 bridgehead atoms. The minimum absolute atomic E-state index is 0.0247. The van der Waals surface area contributed by atoms with E-state index in [1.165, 1.54) is 0 Å². The van der Waals surface area contributed by atoms with Crippen LogP contribution in [-0.2, 0) is 16.1 Å². The van der Waals surface area contributed by atoms with Crippen LogP contribution in [0.25, 0.3) is 11.1 Å². The van der Waals surface area contributed by atoms with Crippen molar-refractivity contribution in [1.29, 1.82) is 0 Å². The van der Waals surface area contributed by atoms with E-state index >= 15 is 0 Å². The molecule has 9 heteroatoms. The normalized spacial score (nSPS) is 13.0. The molecule has 1 atom stereocenters. The average molecular weight is 494 g/mol. The van der Waals surface area contributed by atoms with Gasteiger partial charge in [0.15, 0.2) is 0 Å². The van der Waals surface area contributed by atoms with Gasteiger partial charge in [-0.3, -0.25) is 9.59 Å². The van der Waals surface area contributed by atoms with Crippen molar-refractivity contribution in [1.82, 2.24) is 15.6 Å². The lowest BCUT2D eigenvalue weighted by atomic mass is 9.98. The summed E-state index contributed by atoms with van der Waals surface area (Å²) in [6.45, 7) is 3.86. The number of amides is 2. The molecule has 1 aliphatic carbocycles. The number of aryl methyl sites for hydroxylation is 1. The van der Waals surface area contributed by atoms with Crippen molar-refractivity contribution in [2.24, 2.45) is 5.92 Å². The first-order valence-electron chi connectivity index (χ1n) is 11.4. The van der Waals surface area contributed by atoms with E-state index in [0.29, 0.717) is 22.0 Å². The third-order valence-corrected chi connectivity index (χ3v) is 7.28. The van der Waals surface area contributed by atoms with Gasteiger partial charge in [0.2, 0.25) is 0 Å². The molecule has 1 heterocycles. The molecule has 1 aliphatic rings. The summed E-state index contributed by atoms with van der Waals surface area (Å²) < 4.78 is 5.54. The molecule has 2 aromatic carbocycles. The highest BCUT2D eigenvalue weighted by Gasteiger charge is 2.29. The van der Waals surface area contributed by atoms with Crippen molar-refractivity contribution in [2.45, 2.75) is 32.7 Å². The Hall–Kier alpha value is -3.72. The average Bonchev–Trinajstić information content (AvgIpc) is 3.39. The van der Waals surface area contributed by atoms with Gasteiger partial charge in [0, 0.05) is 12.5 Å². The molecule has 8 nitrogen and oxygen atoms in total. The van der Waals surface area contributed by atoms with E-state index in [2.05, 4.69) is 39.9 Å². The van der Waals surface area contributed by atoms with E-state index < -0.39 is 18.0 Å². The lowest BCUT2D eigenvalue weighted by molar-refractivity contribution is -0.141. The van der Waals surface area contributed by atoms with Gasteiger partial charge < -0.3 is 20.5 Å². The Balaban J connectivity index is 1.31. The Bertz CT molecular complexity index is 1210. The molecule has 35 heavy (non-hydrogen) atoms. The minimum atomic E-state index is -0.943. The van der Waals surface area contributed by atoms with Gasteiger partial charge in [-0.25, -0.2) is 9.78 Å². The lowest BCUT2D eigenvalue weighted by Gasteiger charge is -2.14. The number of carboxylic acids is 1. The molecule has 182 valence electrons. The maximum atomic E-state index is 12.5. The summed E-state index contributed by atoms with van der Waals surface area (Å²) in [4.78, 5) is 40.8. The number of carbonyl (C=O) groups excluding carboxylic acids is 2.